The van der Waals surface area contributed by atoms with Gasteiger partial charge in [0.05, 0.1) is 17.7 Å². The molecule has 0 amide bonds. The number of carbonyl (C=O) groups is 1. The van der Waals surface area contributed by atoms with Gasteiger partial charge in [-0.25, -0.2) is 4.79 Å². The second-order valence-corrected chi connectivity index (χ2v) is 5.88. The molecule has 0 radical (unpaired) electrons. The monoisotopic (exact) mass is 382 g/mol. The summed E-state index contributed by atoms with van der Waals surface area (Å²) in [4.78, 5) is 16.6. The van der Waals surface area contributed by atoms with E-state index in [-0.39, 0.29) is 12.5 Å². The molecule has 0 unspecified atom stereocenters. The van der Waals surface area contributed by atoms with Crippen molar-refractivity contribution in [3.63, 3.8) is 0 Å². The van der Waals surface area contributed by atoms with Gasteiger partial charge < -0.3 is 23.5 Å². The predicted octanol–water partition coefficient (Wildman–Crippen LogP) is 3.26. The minimum absolute atomic E-state index is 0.142. The zero-order valence-corrected chi connectivity index (χ0v) is 15.2. The van der Waals surface area contributed by atoms with Gasteiger partial charge in [0.15, 0.2) is 18.1 Å². The van der Waals surface area contributed by atoms with Crippen LogP contribution >= 0.6 is 0 Å². The van der Waals surface area contributed by atoms with Crippen LogP contribution in [0.25, 0.3) is 11.4 Å². The van der Waals surface area contributed by atoms with Crippen LogP contribution in [0.5, 0.6) is 17.2 Å². The Balaban J connectivity index is 1.43. The van der Waals surface area contributed by atoms with Crippen LogP contribution < -0.4 is 14.2 Å². The summed E-state index contributed by atoms with van der Waals surface area (Å²) in [5, 5.41) is 3.94. The van der Waals surface area contributed by atoms with Crippen LogP contribution in [0.15, 0.2) is 47.0 Å². The molecule has 2 aromatic carbocycles. The van der Waals surface area contributed by atoms with Crippen LogP contribution in [0.4, 0.5) is 0 Å². The largest absolute Gasteiger partial charge is 0.493 e. The van der Waals surface area contributed by atoms with E-state index in [0.717, 1.165) is 0 Å². The number of rotatable bonds is 6. The topological polar surface area (TPSA) is 92.9 Å². The highest BCUT2D eigenvalue weighted by atomic mass is 16.6. The summed E-state index contributed by atoms with van der Waals surface area (Å²) in [6, 6.07) is 12.3. The summed E-state index contributed by atoms with van der Waals surface area (Å²) in [7, 11) is 0. The third kappa shape index (κ3) is 3.75. The fraction of sp³-hybridized carbons (Fsp3) is 0.250. The highest BCUT2D eigenvalue weighted by Crippen LogP contribution is 2.31. The number of hydrogen-bond donors (Lipinski definition) is 0. The van der Waals surface area contributed by atoms with E-state index in [2.05, 4.69) is 10.1 Å². The number of aromatic nitrogens is 2. The van der Waals surface area contributed by atoms with Gasteiger partial charge in [0.25, 0.3) is 5.89 Å². The molecule has 0 aliphatic carbocycles. The van der Waals surface area contributed by atoms with Crippen LogP contribution in [-0.4, -0.2) is 35.9 Å². The molecule has 3 aromatic rings. The van der Waals surface area contributed by atoms with Gasteiger partial charge in [-0.1, -0.05) is 17.3 Å². The van der Waals surface area contributed by atoms with E-state index in [4.69, 9.17) is 23.5 Å². The van der Waals surface area contributed by atoms with Crippen molar-refractivity contribution in [3.05, 3.63) is 53.9 Å². The zero-order chi connectivity index (χ0) is 19.3. The zero-order valence-electron chi connectivity index (χ0n) is 15.2. The van der Waals surface area contributed by atoms with Crippen LogP contribution in [0.3, 0.4) is 0 Å². The molecule has 0 N–H and O–H groups in total. The first-order valence-electron chi connectivity index (χ1n) is 8.86. The van der Waals surface area contributed by atoms with E-state index in [1.54, 1.807) is 18.2 Å². The smallest absolute Gasteiger partial charge is 0.338 e. The summed E-state index contributed by atoms with van der Waals surface area (Å²) in [6.07, 6.45) is 0. The quantitative estimate of drug-likeness (QED) is 0.600. The molecule has 0 saturated heterocycles. The molecule has 28 heavy (non-hydrogen) atoms. The molecular formula is C20H18N2O6. The standard InChI is InChI=1S/C20H18N2O6/c1-2-24-15-6-4-3-5-14(15)19-21-18(28-22-19)12-27-20(23)13-7-8-16-17(11-13)26-10-9-25-16/h3-8,11H,2,9-10,12H2,1H3. The molecule has 0 atom stereocenters. The van der Waals surface area contributed by atoms with Crippen LogP contribution in [-0.2, 0) is 11.3 Å². The van der Waals surface area contributed by atoms with Crippen molar-refractivity contribution < 1.29 is 28.3 Å². The number of para-hydroxylation sites is 1. The first kappa shape index (κ1) is 17.8. The Morgan fingerprint density at radius 2 is 1.93 bits per heavy atom. The number of hydrogen-bond acceptors (Lipinski definition) is 8. The molecule has 0 fully saturated rings. The highest BCUT2D eigenvalue weighted by Gasteiger charge is 2.18. The molecule has 0 saturated carbocycles. The SMILES string of the molecule is CCOc1ccccc1-c1noc(COC(=O)c2ccc3c(c2)OCCO3)n1. The summed E-state index contributed by atoms with van der Waals surface area (Å²) in [6.45, 7) is 3.21. The minimum Gasteiger partial charge on any atom is -0.493 e. The van der Waals surface area contributed by atoms with Gasteiger partial charge in [-0.05, 0) is 37.3 Å². The Morgan fingerprint density at radius 3 is 2.79 bits per heavy atom. The van der Waals surface area contributed by atoms with Gasteiger partial charge in [0.1, 0.15) is 19.0 Å². The summed E-state index contributed by atoms with van der Waals surface area (Å²) < 4.78 is 26.9. The van der Waals surface area contributed by atoms with Crippen LogP contribution in [0, 0.1) is 0 Å². The molecule has 2 heterocycles. The van der Waals surface area contributed by atoms with Crippen molar-refractivity contribution in [2.24, 2.45) is 0 Å². The first-order valence-corrected chi connectivity index (χ1v) is 8.86. The maximum atomic E-state index is 12.3. The van der Waals surface area contributed by atoms with Crippen LogP contribution in [0.2, 0.25) is 0 Å². The Kier molecular flexibility index (Phi) is 5.09. The van der Waals surface area contributed by atoms with Crippen LogP contribution in [0.1, 0.15) is 23.2 Å². The maximum Gasteiger partial charge on any atom is 0.338 e. The van der Waals surface area contributed by atoms with Crippen molar-refractivity contribution in [3.8, 4) is 28.6 Å². The van der Waals surface area contributed by atoms with Crippen molar-refractivity contribution in [1.82, 2.24) is 10.1 Å². The summed E-state index contributed by atoms with van der Waals surface area (Å²) >= 11 is 0. The molecule has 8 nitrogen and oxygen atoms in total. The van der Waals surface area contributed by atoms with Gasteiger partial charge >= 0.3 is 5.97 Å². The van der Waals surface area contributed by atoms with E-state index >= 15 is 0 Å². The molecule has 1 aromatic heterocycles. The normalized spacial score (nSPS) is 12.5. The van der Waals surface area contributed by atoms with Gasteiger partial charge in [-0.3, -0.25) is 0 Å². The summed E-state index contributed by atoms with van der Waals surface area (Å²) in [5.74, 6) is 1.82. The van der Waals surface area contributed by atoms with E-state index in [9.17, 15) is 4.79 Å². The molecule has 0 bridgehead atoms. The lowest BCUT2D eigenvalue weighted by Gasteiger charge is -2.18. The number of ether oxygens (including phenoxy) is 4. The average molecular weight is 382 g/mol. The van der Waals surface area contributed by atoms with Gasteiger partial charge in [0.2, 0.25) is 5.82 Å². The third-order valence-electron chi connectivity index (χ3n) is 4.00. The van der Waals surface area contributed by atoms with Gasteiger partial charge in [0, 0.05) is 0 Å². The lowest BCUT2D eigenvalue weighted by Crippen LogP contribution is -2.16. The predicted molar refractivity (Wildman–Crippen MR) is 97.5 cm³/mol. The van der Waals surface area contributed by atoms with Gasteiger partial charge in [-0.15, -0.1) is 0 Å². The molecular weight excluding hydrogens is 364 g/mol. The summed E-state index contributed by atoms with van der Waals surface area (Å²) in [5.41, 5.74) is 1.06. The molecule has 4 rings (SSSR count). The Morgan fingerprint density at radius 1 is 1.11 bits per heavy atom. The third-order valence-corrected chi connectivity index (χ3v) is 4.00. The lowest BCUT2D eigenvalue weighted by molar-refractivity contribution is 0.0429. The maximum absolute atomic E-state index is 12.3. The fourth-order valence-electron chi connectivity index (χ4n) is 2.74. The average Bonchev–Trinajstić information content (AvgIpc) is 3.21. The van der Waals surface area contributed by atoms with E-state index in [0.29, 0.717) is 54.0 Å². The fourth-order valence-corrected chi connectivity index (χ4v) is 2.74. The van der Waals surface area contributed by atoms with Gasteiger partial charge in [-0.2, -0.15) is 4.98 Å². The molecule has 0 spiro atoms. The number of esters is 1. The Labute approximate surface area is 161 Å². The second kappa shape index (κ2) is 7.99. The molecule has 144 valence electrons. The molecule has 1 aliphatic heterocycles. The minimum atomic E-state index is -0.522. The second-order valence-electron chi connectivity index (χ2n) is 5.88. The number of benzene rings is 2. The van der Waals surface area contributed by atoms with Crippen molar-refractivity contribution >= 4 is 5.97 Å². The van der Waals surface area contributed by atoms with Crippen molar-refractivity contribution in [2.75, 3.05) is 19.8 Å². The molecule has 8 heteroatoms. The number of carbonyl (C=O) groups excluding carboxylic acids is 1. The number of nitrogens with zero attached hydrogens (tertiary/aromatic N) is 2. The Hall–Kier alpha value is -3.55. The van der Waals surface area contributed by atoms with Crippen molar-refractivity contribution in [1.29, 1.82) is 0 Å². The number of fused-ring (bicyclic) bond motifs is 1. The van der Waals surface area contributed by atoms with E-state index in [1.807, 2.05) is 31.2 Å². The molecule has 1 aliphatic rings. The van der Waals surface area contributed by atoms with Crippen molar-refractivity contribution in [2.45, 2.75) is 13.5 Å². The first-order chi connectivity index (χ1) is 13.7. The highest BCUT2D eigenvalue weighted by molar-refractivity contribution is 5.90. The van der Waals surface area contributed by atoms with E-state index < -0.39 is 5.97 Å². The Bertz CT molecular complexity index is 984. The lowest BCUT2D eigenvalue weighted by atomic mass is 10.2. The van der Waals surface area contributed by atoms with E-state index in [1.165, 1.54) is 0 Å².